The summed E-state index contributed by atoms with van der Waals surface area (Å²) < 4.78 is 7.42. The highest BCUT2D eigenvalue weighted by molar-refractivity contribution is 6.19. The third kappa shape index (κ3) is 2.87. The average Bonchev–Trinajstić information content (AvgIpc) is 3.07. The molecule has 30 heavy (non-hydrogen) atoms. The van der Waals surface area contributed by atoms with Gasteiger partial charge in [0.25, 0.3) is 0 Å². The molecule has 2 aromatic heterocycles. The third-order valence-corrected chi connectivity index (χ3v) is 5.40. The molecular formula is C25H21N3O2. The van der Waals surface area contributed by atoms with Gasteiger partial charge in [0.1, 0.15) is 5.82 Å². The molecule has 3 aromatic carbocycles. The molecule has 5 rings (SSSR count). The molecule has 0 aliphatic carbocycles. The van der Waals surface area contributed by atoms with Crippen LogP contribution >= 0.6 is 0 Å². The van der Waals surface area contributed by atoms with Gasteiger partial charge in [-0.25, -0.2) is 9.78 Å². The lowest BCUT2D eigenvalue weighted by atomic mass is 10.1. The summed E-state index contributed by atoms with van der Waals surface area (Å²) >= 11 is 0. The largest absolute Gasteiger partial charge is 0.461 e. The van der Waals surface area contributed by atoms with Gasteiger partial charge in [0, 0.05) is 39.8 Å². The summed E-state index contributed by atoms with van der Waals surface area (Å²) in [4.78, 5) is 17.2. The molecule has 1 N–H and O–H groups in total. The predicted molar refractivity (Wildman–Crippen MR) is 121 cm³/mol. The molecule has 0 bridgehead atoms. The Morgan fingerprint density at radius 3 is 2.47 bits per heavy atom. The lowest BCUT2D eigenvalue weighted by Gasteiger charge is -2.13. The molecule has 0 aliphatic heterocycles. The molecule has 0 spiro atoms. The van der Waals surface area contributed by atoms with Crippen LogP contribution < -0.4 is 5.32 Å². The Morgan fingerprint density at radius 2 is 1.67 bits per heavy atom. The summed E-state index contributed by atoms with van der Waals surface area (Å²) in [6, 6.07) is 24.2. The summed E-state index contributed by atoms with van der Waals surface area (Å²) in [5.74, 6) is 0.209. The minimum Gasteiger partial charge on any atom is -0.461 e. The Bertz CT molecular complexity index is 1400. The number of nitrogens with one attached hydrogen (secondary N) is 1. The van der Waals surface area contributed by atoms with Crippen molar-refractivity contribution in [2.75, 3.05) is 11.9 Å². The van der Waals surface area contributed by atoms with Crippen LogP contribution in [0.1, 0.15) is 17.4 Å². The topological polar surface area (TPSA) is 56.1 Å². The van der Waals surface area contributed by atoms with E-state index in [1.54, 1.807) is 6.92 Å². The van der Waals surface area contributed by atoms with E-state index in [4.69, 9.17) is 4.74 Å². The Morgan fingerprint density at radius 1 is 0.933 bits per heavy atom. The Balaban J connectivity index is 1.84. The van der Waals surface area contributed by atoms with Crippen molar-refractivity contribution in [3.8, 4) is 0 Å². The highest BCUT2D eigenvalue weighted by Crippen LogP contribution is 2.36. The summed E-state index contributed by atoms with van der Waals surface area (Å²) in [5, 5.41) is 7.61. The van der Waals surface area contributed by atoms with E-state index in [2.05, 4.69) is 46.2 Å². The van der Waals surface area contributed by atoms with Crippen molar-refractivity contribution < 1.29 is 9.53 Å². The van der Waals surface area contributed by atoms with Crippen LogP contribution in [-0.2, 0) is 11.8 Å². The first kappa shape index (κ1) is 18.2. The number of anilines is 2. The lowest BCUT2D eigenvalue weighted by Crippen LogP contribution is -2.09. The standard InChI is InChI=1S/C25H21N3O2/c1-3-30-25(29)21-15-20-19(24(27-21)26-16-9-5-4-6-10-16)14-13-18-17-11-7-8-12-22(17)28(2)23(18)20/h4-15H,3H2,1-2H3,(H,26,27). The molecule has 0 aliphatic rings. The van der Waals surface area contributed by atoms with E-state index in [1.807, 2.05) is 48.5 Å². The minimum absolute atomic E-state index is 0.292. The maximum absolute atomic E-state index is 12.6. The van der Waals surface area contributed by atoms with Crippen LogP contribution in [0.25, 0.3) is 32.6 Å². The summed E-state index contributed by atoms with van der Waals surface area (Å²) in [6.07, 6.45) is 0. The second kappa shape index (κ2) is 7.19. The molecular weight excluding hydrogens is 374 g/mol. The third-order valence-electron chi connectivity index (χ3n) is 5.40. The Hall–Kier alpha value is -3.86. The number of benzene rings is 3. The molecule has 0 radical (unpaired) electrons. The van der Waals surface area contributed by atoms with Gasteiger partial charge in [0.05, 0.1) is 12.1 Å². The molecule has 0 atom stereocenters. The number of carbonyl (C=O) groups is 1. The minimum atomic E-state index is -0.425. The highest BCUT2D eigenvalue weighted by Gasteiger charge is 2.18. The van der Waals surface area contributed by atoms with Crippen molar-refractivity contribution in [1.29, 1.82) is 0 Å². The van der Waals surface area contributed by atoms with Crippen molar-refractivity contribution in [3.63, 3.8) is 0 Å². The molecule has 0 saturated heterocycles. The van der Waals surface area contributed by atoms with Gasteiger partial charge >= 0.3 is 5.97 Å². The normalized spacial score (nSPS) is 11.3. The van der Waals surface area contributed by atoms with Crippen molar-refractivity contribution in [2.24, 2.45) is 7.05 Å². The molecule has 0 amide bonds. The summed E-state index contributed by atoms with van der Waals surface area (Å²) in [5.41, 5.74) is 3.41. The van der Waals surface area contributed by atoms with Gasteiger partial charge < -0.3 is 14.6 Å². The van der Waals surface area contributed by atoms with Gasteiger partial charge in [-0.15, -0.1) is 0 Å². The van der Waals surface area contributed by atoms with E-state index in [1.165, 1.54) is 5.39 Å². The molecule has 5 aromatic rings. The van der Waals surface area contributed by atoms with Crippen LogP contribution in [-0.4, -0.2) is 22.1 Å². The van der Waals surface area contributed by atoms with Gasteiger partial charge in [-0.2, -0.15) is 0 Å². The van der Waals surface area contributed by atoms with Crippen LogP contribution in [0.2, 0.25) is 0 Å². The lowest BCUT2D eigenvalue weighted by molar-refractivity contribution is 0.0520. The maximum atomic E-state index is 12.6. The van der Waals surface area contributed by atoms with E-state index in [-0.39, 0.29) is 0 Å². The van der Waals surface area contributed by atoms with Crippen molar-refractivity contribution in [2.45, 2.75) is 6.92 Å². The predicted octanol–water partition coefficient (Wildman–Crippen LogP) is 5.80. The Labute approximate surface area is 173 Å². The van der Waals surface area contributed by atoms with E-state index in [0.717, 1.165) is 32.9 Å². The zero-order valence-electron chi connectivity index (χ0n) is 16.8. The summed E-state index contributed by atoms with van der Waals surface area (Å²) in [7, 11) is 2.05. The van der Waals surface area contributed by atoms with Gasteiger partial charge in [-0.05, 0) is 37.3 Å². The number of para-hydroxylation sites is 2. The number of hydrogen-bond acceptors (Lipinski definition) is 4. The first-order valence-electron chi connectivity index (χ1n) is 9.97. The fraction of sp³-hybridized carbons (Fsp3) is 0.120. The number of pyridine rings is 1. The first-order chi connectivity index (χ1) is 14.7. The molecule has 0 saturated carbocycles. The number of fused-ring (bicyclic) bond motifs is 5. The quantitative estimate of drug-likeness (QED) is 0.391. The number of carbonyl (C=O) groups excluding carboxylic acids is 1. The number of nitrogens with zero attached hydrogens (tertiary/aromatic N) is 2. The molecule has 0 fully saturated rings. The zero-order valence-corrected chi connectivity index (χ0v) is 16.8. The average molecular weight is 395 g/mol. The molecule has 0 unspecified atom stereocenters. The monoisotopic (exact) mass is 395 g/mol. The van der Waals surface area contributed by atoms with E-state index in [9.17, 15) is 4.79 Å². The highest BCUT2D eigenvalue weighted by atomic mass is 16.5. The first-order valence-corrected chi connectivity index (χ1v) is 9.97. The van der Waals surface area contributed by atoms with Crippen molar-refractivity contribution in [1.82, 2.24) is 9.55 Å². The van der Waals surface area contributed by atoms with Crippen LogP contribution in [0.4, 0.5) is 11.5 Å². The van der Waals surface area contributed by atoms with Crippen molar-refractivity contribution >= 4 is 50.1 Å². The van der Waals surface area contributed by atoms with Gasteiger partial charge in [-0.3, -0.25) is 0 Å². The maximum Gasteiger partial charge on any atom is 0.357 e. The van der Waals surface area contributed by atoms with E-state index < -0.39 is 5.97 Å². The number of esters is 1. The number of ether oxygens (including phenoxy) is 1. The zero-order chi connectivity index (χ0) is 20.7. The fourth-order valence-corrected chi connectivity index (χ4v) is 4.07. The van der Waals surface area contributed by atoms with Crippen LogP contribution in [0, 0.1) is 0 Å². The summed E-state index contributed by atoms with van der Waals surface area (Å²) in [6.45, 7) is 2.10. The number of aryl methyl sites for hydroxylation is 1. The molecule has 2 heterocycles. The van der Waals surface area contributed by atoms with Crippen LogP contribution in [0.15, 0.2) is 72.8 Å². The van der Waals surface area contributed by atoms with Crippen molar-refractivity contribution in [3.05, 3.63) is 78.5 Å². The van der Waals surface area contributed by atoms with E-state index in [0.29, 0.717) is 18.1 Å². The number of hydrogen-bond donors (Lipinski definition) is 1. The Kier molecular flexibility index (Phi) is 4.36. The van der Waals surface area contributed by atoms with Crippen LogP contribution in [0.3, 0.4) is 0 Å². The smallest absolute Gasteiger partial charge is 0.357 e. The van der Waals surface area contributed by atoms with Gasteiger partial charge in [0.2, 0.25) is 0 Å². The van der Waals surface area contributed by atoms with Gasteiger partial charge in [-0.1, -0.05) is 42.5 Å². The SMILES string of the molecule is CCOC(=O)c1cc2c(ccc3c4ccccc4n(C)c23)c(Nc2ccccc2)n1. The van der Waals surface area contributed by atoms with E-state index >= 15 is 0 Å². The van der Waals surface area contributed by atoms with Crippen LogP contribution in [0.5, 0.6) is 0 Å². The fourth-order valence-electron chi connectivity index (χ4n) is 4.07. The second-order valence-corrected chi connectivity index (χ2v) is 7.20. The number of aromatic nitrogens is 2. The van der Waals surface area contributed by atoms with Gasteiger partial charge in [0.15, 0.2) is 5.69 Å². The number of rotatable bonds is 4. The molecule has 148 valence electrons. The second-order valence-electron chi connectivity index (χ2n) is 7.20. The molecule has 5 heteroatoms. The molecule has 5 nitrogen and oxygen atoms in total.